The van der Waals surface area contributed by atoms with Crippen LogP contribution in [0.15, 0.2) is 15.8 Å². The normalized spacial score (nSPS) is 12.6. The highest BCUT2D eigenvalue weighted by molar-refractivity contribution is 5.86. The molecule has 1 rings (SSSR count). The number of aromatic nitrogens is 2. The Morgan fingerprint density at radius 3 is 2.52 bits per heavy atom. The summed E-state index contributed by atoms with van der Waals surface area (Å²) >= 11 is 0. The maximum absolute atomic E-state index is 11.8. The van der Waals surface area contributed by atoms with E-state index >= 15 is 0 Å². The number of hydrogen-bond donors (Lipinski definition) is 2. The van der Waals surface area contributed by atoms with Crippen LogP contribution in [0, 0.1) is 0 Å². The first-order chi connectivity index (χ1) is 9.90. The lowest BCUT2D eigenvalue weighted by Crippen LogP contribution is -2.35. The van der Waals surface area contributed by atoms with E-state index < -0.39 is 22.8 Å². The third kappa shape index (κ3) is 4.56. The molecule has 1 unspecified atom stereocenters. The van der Waals surface area contributed by atoms with Crippen molar-refractivity contribution in [1.29, 1.82) is 0 Å². The summed E-state index contributed by atoms with van der Waals surface area (Å²) in [6.07, 6.45) is 2.77. The molecule has 0 saturated heterocycles. The fraction of sp³-hybridized carbons (Fsp3) is 0.643. The molecule has 0 aromatic carbocycles. The maximum Gasteiger partial charge on any atom is 0.342 e. The van der Waals surface area contributed by atoms with Crippen molar-refractivity contribution in [3.63, 3.8) is 0 Å². The zero-order chi connectivity index (χ0) is 16.0. The second-order valence-corrected chi connectivity index (χ2v) is 5.03. The number of hydrogen-bond acceptors (Lipinski definition) is 4. The van der Waals surface area contributed by atoms with Crippen LogP contribution in [0.1, 0.15) is 50.0 Å². The molecule has 7 heteroatoms. The van der Waals surface area contributed by atoms with Crippen LogP contribution in [-0.4, -0.2) is 45.2 Å². The Balaban J connectivity index is 2.81. The molecule has 0 bridgehead atoms. The molecular weight excluding hydrogens is 274 g/mol. The van der Waals surface area contributed by atoms with Crippen LogP contribution in [0.4, 0.5) is 0 Å². The van der Waals surface area contributed by atoms with Crippen LogP contribution < -0.4 is 11.2 Å². The minimum Gasteiger partial charge on any atom is -0.477 e. The van der Waals surface area contributed by atoms with Crippen LogP contribution in [0.3, 0.4) is 0 Å². The summed E-state index contributed by atoms with van der Waals surface area (Å²) in [6, 6.07) is -0.164. The first kappa shape index (κ1) is 17.2. The number of nitrogens with zero attached hydrogens (tertiary/aromatic N) is 2. The monoisotopic (exact) mass is 297 g/mol. The Labute approximate surface area is 123 Å². The van der Waals surface area contributed by atoms with E-state index in [0.29, 0.717) is 0 Å². The fourth-order valence-electron chi connectivity index (χ4n) is 2.25. The molecular formula is C14H23N3O4. The van der Waals surface area contributed by atoms with Crippen molar-refractivity contribution in [3.8, 4) is 0 Å². The minimum absolute atomic E-state index is 0.164. The number of carboxylic acids is 1. The van der Waals surface area contributed by atoms with Gasteiger partial charge in [-0.15, -0.1) is 0 Å². The molecule has 0 saturated carbocycles. The summed E-state index contributed by atoms with van der Waals surface area (Å²) in [5.41, 5.74) is -1.84. The van der Waals surface area contributed by atoms with Gasteiger partial charge in [0.15, 0.2) is 0 Å². The SMILES string of the molecule is CCN(CC)CCCC(C)n1cc(C(=O)O)c(=O)[nH]c1=O. The van der Waals surface area contributed by atoms with Gasteiger partial charge in [0.05, 0.1) is 0 Å². The van der Waals surface area contributed by atoms with Gasteiger partial charge in [0, 0.05) is 12.2 Å². The fourth-order valence-corrected chi connectivity index (χ4v) is 2.25. The van der Waals surface area contributed by atoms with Gasteiger partial charge in [0.25, 0.3) is 5.56 Å². The highest BCUT2D eigenvalue weighted by Gasteiger charge is 2.14. The average Bonchev–Trinajstić information content (AvgIpc) is 2.43. The summed E-state index contributed by atoms with van der Waals surface area (Å²) in [6.45, 7) is 8.92. The zero-order valence-electron chi connectivity index (χ0n) is 12.8. The Kier molecular flexibility index (Phi) is 6.36. The van der Waals surface area contributed by atoms with E-state index in [0.717, 1.165) is 38.7 Å². The molecule has 1 heterocycles. The van der Waals surface area contributed by atoms with E-state index in [4.69, 9.17) is 5.11 Å². The van der Waals surface area contributed by atoms with Gasteiger partial charge in [-0.1, -0.05) is 13.8 Å². The average molecular weight is 297 g/mol. The second-order valence-electron chi connectivity index (χ2n) is 5.03. The Morgan fingerprint density at radius 2 is 2.00 bits per heavy atom. The lowest BCUT2D eigenvalue weighted by Gasteiger charge is -2.20. The molecule has 0 aliphatic rings. The minimum atomic E-state index is -1.33. The number of carboxylic acid groups (broad SMARTS) is 1. The van der Waals surface area contributed by atoms with E-state index in [1.165, 1.54) is 4.57 Å². The lowest BCUT2D eigenvalue weighted by molar-refractivity contribution is 0.0693. The summed E-state index contributed by atoms with van der Waals surface area (Å²) in [5, 5.41) is 8.93. The van der Waals surface area contributed by atoms with Crippen molar-refractivity contribution in [2.75, 3.05) is 19.6 Å². The van der Waals surface area contributed by atoms with Gasteiger partial charge in [-0.3, -0.25) is 14.3 Å². The smallest absolute Gasteiger partial charge is 0.342 e. The first-order valence-corrected chi connectivity index (χ1v) is 7.21. The van der Waals surface area contributed by atoms with Gasteiger partial charge in [-0.25, -0.2) is 9.59 Å². The van der Waals surface area contributed by atoms with E-state index in [1.54, 1.807) is 0 Å². The van der Waals surface area contributed by atoms with Crippen LogP contribution in [0.2, 0.25) is 0 Å². The number of nitrogens with one attached hydrogen (secondary N) is 1. The molecule has 7 nitrogen and oxygen atoms in total. The topological polar surface area (TPSA) is 95.4 Å². The van der Waals surface area contributed by atoms with E-state index in [1.807, 2.05) is 6.92 Å². The molecule has 0 spiro atoms. The molecule has 21 heavy (non-hydrogen) atoms. The Bertz CT molecular complexity index is 587. The molecule has 0 fully saturated rings. The summed E-state index contributed by atoms with van der Waals surface area (Å²) < 4.78 is 1.28. The highest BCUT2D eigenvalue weighted by Crippen LogP contribution is 2.11. The van der Waals surface area contributed by atoms with Gasteiger partial charge in [-0.2, -0.15) is 0 Å². The van der Waals surface area contributed by atoms with Crippen molar-refractivity contribution in [2.24, 2.45) is 0 Å². The van der Waals surface area contributed by atoms with Gasteiger partial charge < -0.3 is 10.0 Å². The molecule has 1 aromatic heterocycles. The Morgan fingerprint density at radius 1 is 1.38 bits per heavy atom. The van der Waals surface area contributed by atoms with Crippen LogP contribution in [-0.2, 0) is 0 Å². The van der Waals surface area contributed by atoms with E-state index in [9.17, 15) is 14.4 Å². The van der Waals surface area contributed by atoms with Crippen LogP contribution >= 0.6 is 0 Å². The van der Waals surface area contributed by atoms with Gasteiger partial charge in [-0.05, 0) is 39.4 Å². The molecule has 0 radical (unpaired) electrons. The van der Waals surface area contributed by atoms with Crippen molar-refractivity contribution >= 4 is 5.97 Å². The molecule has 118 valence electrons. The summed E-state index contributed by atoms with van der Waals surface area (Å²) in [4.78, 5) is 38.4. The van der Waals surface area contributed by atoms with Gasteiger partial charge >= 0.3 is 11.7 Å². The molecule has 0 amide bonds. The number of rotatable bonds is 8. The third-order valence-electron chi connectivity index (χ3n) is 3.66. The summed E-state index contributed by atoms with van der Waals surface area (Å²) in [5.74, 6) is -1.33. The van der Waals surface area contributed by atoms with Crippen molar-refractivity contribution in [3.05, 3.63) is 32.6 Å². The second kappa shape index (κ2) is 7.78. The predicted octanol–water partition coefficient (Wildman–Crippen LogP) is 0.918. The number of carbonyl (C=O) groups is 1. The van der Waals surface area contributed by atoms with Gasteiger partial charge in [0.1, 0.15) is 5.56 Å². The predicted molar refractivity (Wildman–Crippen MR) is 80.0 cm³/mol. The van der Waals surface area contributed by atoms with Gasteiger partial charge in [0.2, 0.25) is 0 Å². The van der Waals surface area contributed by atoms with E-state index in [2.05, 4.69) is 23.7 Å². The molecule has 1 aromatic rings. The number of H-pyrrole nitrogens is 1. The number of aromatic amines is 1. The molecule has 0 aliphatic carbocycles. The van der Waals surface area contributed by atoms with Crippen molar-refractivity contribution < 1.29 is 9.90 Å². The highest BCUT2D eigenvalue weighted by atomic mass is 16.4. The first-order valence-electron chi connectivity index (χ1n) is 7.21. The van der Waals surface area contributed by atoms with Crippen LogP contribution in [0.5, 0.6) is 0 Å². The largest absolute Gasteiger partial charge is 0.477 e. The maximum atomic E-state index is 11.8. The molecule has 0 aliphatic heterocycles. The number of aromatic carboxylic acids is 1. The molecule has 1 atom stereocenters. The third-order valence-corrected chi connectivity index (χ3v) is 3.66. The summed E-state index contributed by atoms with van der Waals surface area (Å²) in [7, 11) is 0. The molecule has 2 N–H and O–H groups in total. The quantitative estimate of drug-likeness (QED) is 0.744. The standard InChI is InChI=1S/C14H23N3O4/c1-4-16(5-2)8-6-7-10(3)17-9-11(13(19)20)12(18)15-14(17)21/h9-10H,4-8H2,1-3H3,(H,19,20)(H,15,18,21). The van der Waals surface area contributed by atoms with Crippen LogP contribution in [0.25, 0.3) is 0 Å². The zero-order valence-corrected chi connectivity index (χ0v) is 12.8. The van der Waals surface area contributed by atoms with Crippen molar-refractivity contribution in [2.45, 2.75) is 39.7 Å². The van der Waals surface area contributed by atoms with E-state index in [-0.39, 0.29) is 6.04 Å². The van der Waals surface area contributed by atoms with Crippen molar-refractivity contribution in [1.82, 2.24) is 14.5 Å². The Hall–Kier alpha value is -1.89. The lowest BCUT2D eigenvalue weighted by atomic mass is 10.1.